The quantitative estimate of drug-likeness (QED) is 0.765. The first-order chi connectivity index (χ1) is 8.24. The van der Waals surface area contributed by atoms with E-state index < -0.39 is 0 Å². The Labute approximate surface area is 103 Å². The van der Waals surface area contributed by atoms with E-state index in [1.54, 1.807) is 7.11 Å². The van der Waals surface area contributed by atoms with Gasteiger partial charge in [0.2, 0.25) is 0 Å². The summed E-state index contributed by atoms with van der Waals surface area (Å²) in [7, 11) is 1.76. The summed E-state index contributed by atoms with van der Waals surface area (Å²) in [5, 5.41) is 3.48. The Bertz CT molecular complexity index is 345. The number of H-pyrrole nitrogens is 1. The first-order valence-corrected chi connectivity index (χ1v) is 6.57. The van der Waals surface area contributed by atoms with Crippen LogP contribution in [-0.4, -0.2) is 23.1 Å². The van der Waals surface area contributed by atoms with E-state index in [-0.39, 0.29) is 5.60 Å². The minimum atomic E-state index is -0.252. The van der Waals surface area contributed by atoms with Crippen LogP contribution in [-0.2, 0) is 16.9 Å². The predicted octanol–water partition coefficient (Wildman–Crippen LogP) is 2.32. The molecule has 2 N–H and O–H groups in total. The number of rotatable bonds is 7. The van der Waals surface area contributed by atoms with Crippen LogP contribution in [0.1, 0.15) is 51.0 Å². The predicted molar refractivity (Wildman–Crippen MR) is 67.7 cm³/mol. The molecule has 1 aliphatic rings. The van der Waals surface area contributed by atoms with Gasteiger partial charge in [0.05, 0.1) is 0 Å². The van der Waals surface area contributed by atoms with Crippen LogP contribution >= 0.6 is 0 Å². The maximum absolute atomic E-state index is 5.66. The summed E-state index contributed by atoms with van der Waals surface area (Å²) in [5.41, 5.74) is 0.896. The fourth-order valence-electron chi connectivity index (χ4n) is 2.19. The molecule has 1 saturated carbocycles. The summed E-state index contributed by atoms with van der Waals surface area (Å²) in [5.74, 6) is 0.956. The molecule has 96 valence electrons. The number of methoxy groups -OCH3 is 1. The number of nitrogens with zero attached hydrogens (tertiary/aromatic N) is 1. The third kappa shape index (κ3) is 2.69. The zero-order valence-corrected chi connectivity index (χ0v) is 11.0. The molecule has 1 heterocycles. The van der Waals surface area contributed by atoms with Crippen LogP contribution in [0.4, 0.5) is 0 Å². The van der Waals surface area contributed by atoms with E-state index in [9.17, 15) is 0 Å². The molecule has 0 radical (unpaired) electrons. The van der Waals surface area contributed by atoms with Gasteiger partial charge in [-0.3, -0.25) is 0 Å². The lowest BCUT2D eigenvalue weighted by Crippen LogP contribution is -2.28. The maximum Gasteiger partial charge on any atom is 0.138 e. The van der Waals surface area contributed by atoms with Gasteiger partial charge in [0.1, 0.15) is 11.4 Å². The third-order valence-electron chi connectivity index (χ3n) is 3.75. The molecule has 1 fully saturated rings. The van der Waals surface area contributed by atoms with Gasteiger partial charge in [0.25, 0.3) is 0 Å². The van der Waals surface area contributed by atoms with E-state index in [0.29, 0.717) is 0 Å². The zero-order chi connectivity index (χ0) is 12.3. The van der Waals surface area contributed by atoms with Gasteiger partial charge in [-0.05, 0) is 25.7 Å². The van der Waals surface area contributed by atoms with Gasteiger partial charge in [-0.25, -0.2) is 4.98 Å². The lowest BCUT2D eigenvalue weighted by atomic mass is 9.96. The zero-order valence-electron chi connectivity index (χ0n) is 11.0. The highest BCUT2D eigenvalue weighted by Gasteiger charge is 2.31. The fourth-order valence-corrected chi connectivity index (χ4v) is 2.19. The molecule has 1 aromatic heterocycles. The Balaban J connectivity index is 2.03. The third-order valence-corrected chi connectivity index (χ3v) is 3.75. The van der Waals surface area contributed by atoms with Crippen molar-refractivity contribution in [2.75, 3.05) is 7.11 Å². The summed E-state index contributed by atoms with van der Waals surface area (Å²) >= 11 is 0. The molecule has 0 unspecified atom stereocenters. The number of ether oxygens (including phenoxy) is 1. The van der Waals surface area contributed by atoms with E-state index in [1.165, 1.54) is 12.8 Å². The Morgan fingerprint density at radius 3 is 2.71 bits per heavy atom. The molecular weight excluding hydrogens is 214 g/mol. The van der Waals surface area contributed by atoms with Gasteiger partial charge in [-0.15, -0.1) is 0 Å². The Morgan fingerprint density at radius 1 is 1.47 bits per heavy atom. The number of aromatic nitrogens is 2. The highest BCUT2D eigenvalue weighted by molar-refractivity contribution is 5.09. The lowest BCUT2D eigenvalue weighted by molar-refractivity contribution is -0.0285. The Kier molecular flexibility index (Phi) is 3.84. The molecule has 17 heavy (non-hydrogen) atoms. The van der Waals surface area contributed by atoms with Crippen LogP contribution < -0.4 is 5.32 Å². The molecule has 0 bridgehead atoms. The number of imidazole rings is 1. The van der Waals surface area contributed by atoms with Gasteiger partial charge < -0.3 is 15.0 Å². The highest BCUT2D eigenvalue weighted by atomic mass is 16.5. The van der Waals surface area contributed by atoms with E-state index >= 15 is 0 Å². The molecule has 4 heteroatoms. The van der Waals surface area contributed by atoms with Gasteiger partial charge >= 0.3 is 0 Å². The van der Waals surface area contributed by atoms with Crippen molar-refractivity contribution in [1.29, 1.82) is 0 Å². The molecule has 0 amide bonds. The average molecular weight is 237 g/mol. The van der Waals surface area contributed by atoms with E-state index in [2.05, 4.69) is 29.1 Å². The summed E-state index contributed by atoms with van der Waals surface area (Å²) in [4.78, 5) is 7.87. The molecule has 0 aliphatic heterocycles. The topological polar surface area (TPSA) is 49.9 Å². The molecule has 0 spiro atoms. The number of hydrogen-bond acceptors (Lipinski definition) is 3. The first-order valence-electron chi connectivity index (χ1n) is 6.57. The van der Waals surface area contributed by atoms with E-state index in [4.69, 9.17) is 4.74 Å². The largest absolute Gasteiger partial charge is 0.370 e. The SMILES string of the molecule is CCC(CC)(OC)c1ncc(CNC2CC2)[nH]1. The maximum atomic E-state index is 5.66. The second-order valence-corrected chi connectivity index (χ2v) is 4.82. The van der Waals surface area contributed by atoms with E-state index in [0.717, 1.165) is 36.9 Å². The van der Waals surface area contributed by atoms with Crippen molar-refractivity contribution in [3.05, 3.63) is 17.7 Å². The normalized spacial score (nSPS) is 16.4. The number of nitrogens with one attached hydrogen (secondary N) is 2. The standard InChI is InChI=1S/C13H23N3O/c1-4-13(5-2,17-3)12-15-9-11(16-12)8-14-10-6-7-10/h9-10,14H,4-8H2,1-3H3,(H,15,16). The number of aromatic amines is 1. The average Bonchev–Trinajstić information content (AvgIpc) is 3.08. The van der Waals surface area contributed by atoms with Crippen molar-refractivity contribution < 1.29 is 4.74 Å². The van der Waals surface area contributed by atoms with Crippen molar-refractivity contribution in [2.24, 2.45) is 0 Å². The van der Waals surface area contributed by atoms with Crippen molar-refractivity contribution in [3.63, 3.8) is 0 Å². The first kappa shape index (κ1) is 12.6. The van der Waals surface area contributed by atoms with E-state index in [1.807, 2.05) is 6.20 Å². The van der Waals surface area contributed by atoms with Crippen LogP contribution in [0.15, 0.2) is 6.20 Å². The van der Waals surface area contributed by atoms with Crippen molar-refractivity contribution >= 4 is 0 Å². The molecule has 1 aromatic rings. The van der Waals surface area contributed by atoms with Crippen LogP contribution in [0.5, 0.6) is 0 Å². The molecule has 1 aliphatic carbocycles. The second-order valence-electron chi connectivity index (χ2n) is 4.82. The molecule has 2 rings (SSSR count). The summed E-state index contributed by atoms with van der Waals surface area (Å²) < 4.78 is 5.66. The second kappa shape index (κ2) is 5.19. The molecule has 0 aromatic carbocycles. The van der Waals surface area contributed by atoms with Crippen LogP contribution in [0.2, 0.25) is 0 Å². The van der Waals surface area contributed by atoms with Crippen LogP contribution in [0.25, 0.3) is 0 Å². The molecule has 0 atom stereocenters. The van der Waals surface area contributed by atoms with Gasteiger partial charge in [-0.2, -0.15) is 0 Å². The minimum Gasteiger partial charge on any atom is -0.370 e. The van der Waals surface area contributed by atoms with Gasteiger partial charge in [0.15, 0.2) is 0 Å². The van der Waals surface area contributed by atoms with Crippen LogP contribution in [0.3, 0.4) is 0 Å². The minimum absolute atomic E-state index is 0.252. The Morgan fingerprint density at radius 2 is 2.18 bits per heavy atom. The van der Waals surface area contributed by atoms with Gasteiger partial charge in [-0.1, -0.05) is 13.8 Å². The summed E-state index contributed by atoms with van der Waals surface area (Å²) in [6.45, 7) is 5.15. The highest BCUT2D eigenvalue weighted by Crippen LogP contribution is 2.30. The summed E-state index contributed by atoms with van der Waals surface area (Å²) in [6, 6.07) is 0.728. The summed E-state index contributed by atoms with van der Waals surface area (Å²) in [6.07, 6.45) is 6.41. The van der Waals surface area contributed by atoms with Crippen molar-refractivity contribution in [1.82, 2.24) is 15.3 Å². The Hall–Kier alpha value is -0.870. The molecule has 4 nitrogen and oxygen atoms in total. The molecule has 0 saturated heterocycles. The van der Waals surface area contributed by atoms with Crippen molar-refractivity contribution in [2.45, 2.75) is 57.7 Å². The smallest absolute Gasteiger partial charge is 0.138 e. The molecular formula is C13H23N3O. The lowest BCUT2D eigenvalue weighted by Gasteiger charge is -2.27. The van der Waals surface area contributed by atoms with Crippen LogP contribution in [0, 0.1) is 0 Å². The van der Waals surface area contributed by atoms with Gasteiger partial charge in [0, 0.05) is 31.6 Å². The fraction of sp³-hybridized carbons (Fsp3) is 0.769. The monoisotopic (exact) mass is 237 g/mol. The number of hydrogen-bond donors (Lipinski definition) is 2. The van der Waals surface area contributed by atoms with Crippen molar-refractivity contribution in [3.8, 4) is 0 Å².